The third-order valence-corrected chi connectivity index (χ3v) is 4.07. The summed E-state index contributed by atoms with van der Waals surface area (Å²) in [4.78, 5) is 7.03. The second-order valence-electron chi connectivity index (χ2n) is 6.58. The lowest BCUT2D eigenvalue weighted by atomic mass is 10.1. The van der Waals surface area contributed by atoms with E-state index in [-0.39, 0.29) is 0 Å². The Morgan fingerprint density at radius 2 is 1.86 bits per heavy atom. The summed E-state index contributed by atoms with van der Waals surface area (Å²) in [6, 6.07) is 8.59. The molecular formula is C18H30N4. The van der Waals surface area contributed by atoms with Gasteiger partial charge in [-0.2, -0.15) is 0 Å². The molecule has 0 aromatic heterocycles. The molecule has 1 fully saturated rings. The number of guanidine groups is 1. The van der Waals surface area contributed by atoms with Gasteiger partial charge in [-0.25, -0.2) is 4.99 Å². The molecule has 122 valence electrons. The van der Waals surface area contributed by atoms with Crippen molar-refractivity contribution in [2.24, 2.45) is 16.6 Å². The number of piperidine rings is 1. The molecule has 1 aliphatic rings. The van der Waals surface area contributed by atoms with Crippen molar-refractivity contribution in [1.82, 2.24) is 10.2 Å². The topological polar surface area (TPSA) is 53.6 Å². The third-order valence-electron chi connectivity index (χ3n) is 4.07. The molecular weight excluding hydrogens is 272 g/mol. The van der Waals surface area contributed by atoms with E-state index in [0.29, 0.717) is 18.4 Å². The average molecular weight is 302 g/mol. The first-order valence-electron chi connectivity index (χ1n) is 8.48. The summed E-state index contributed by atoms with van der Waals surface area (Å²) < 4.78 is 0. The zero-order chi connectivity index (χ0) is 15.8. The lowest BCUT2D eigenvalue weighted by Gasteiger charge is -2.27. The van der Waals surface area contributed by atoms with Crippen LogP contribution in [0.15, 0.2) is 29.3 Å². The standard InChI is InChI=1S/C18H30N4/c1-15(2)12-20-18(19)21-13-16-8-4-5-9-17(16)14-22-10-6-3-7-11-22/h4-5,8-9,15H,3,6-7,10-14H2,1-2H3,(H3,19,20,21). The molecule has 0 radical (unpaired) electrons. The van der Waals surface area contributed by atoms with Crippen molar-refractivity contribution in [3.63, 3.8) is 0 Å². The molecule has 1 aromatic carbocycles. The van der Waals surface area contributed by atoms with Crippen molar-refractivity contribution in [3.05, 3.63) is 35.4 Å². The van der Waals surface area contributed by atoms with E-state index in [2.05, 4.69) is 53.3 Å². The lowest BCUT2D eigenvalue weighted by molar-refractivity contribution is 0.220. The molecule has 2 rings (SSSR count). The molecule has 4 nitrogen and oxygen atoms in total. The van der Waals surface area contributed by atoms with E-state index in [1.54, 1.807) is 0 Å². The first-order chi connectivity index (χ1) is 10.6. The first-order valence-corrected chi connectivity index (χ1v) is 8.48. The molecule has 22 heavy (non-hydrogen) atoms. The summed E-state index contributed by atoms with van der Waals surface area (Å²) in [6.45, 7) is 9.31. The van der Waals surface area contributed by atoms with E-state index in [4.69, 9.17) is 5.73 Å². The van der Waals surface area contributed by atoms with Gasteiger partial charge < -0.3 is 11.1 Å². The summed E-state index contributed by atoms with van der Waals surface area (Å²) in [5.41, 5.74) is 8.59. The van der Waals surface area contributed by atoms with E-state index in [1.807, 2.05) is 0 Å². The van der Waals surface area contributed by atoms with Gasteiger partial charge in [0, 0.05) is 13.1 Å². The van der Waals surface area contributed by atoms with Crippen LogP contribution in [0, 0.1) is 5.92 Å². The monoisotopic (exact) mass is 302 g/mol. The predicted octanol–water partition coefficient (Wildman–Crippen LogP) is 2.73. The van der Waals surface area contributed by atoms with E-state index in [0.717, 1.165) is 13.1 Å². The zero-order valence-electron chi connectivity index (χ0n) is 14.0. The number of benzene rings is 1. The fourth-order valence-corrected chi connectivity index (χ4v) is 2.76. The Balaban J connectivity index is 1.94. The van der Waals surface area contributed by atoms with Crippen molar-refractivity contribution in [2.75, 3.05) is 19.6 Å². The van der Waals surface area contributed by atoms with Crippen LogP contribution in [0.2, 0.25) is 0 Å². The van der Waals surface area contributed by atoms with E-state index in [1.165, 1.54) is 43.5 Å². The number of nitrogens with one attached hydrogen (secondary N) is 1. The fourth-order valence-electron chi connectivity index (χ4n) is 2.76. The Kier molecular flexibility index (Phi) is 6.72. The second kappa shape index (κ2) is 8.79. The van der Waals surface area contributed by atoms with Gasteiger partial charge in [0.25, 0.3) is 0 Å². The van der Waals surface area contributed by atoms with Crippen molar-refractivity contribution in [2.45, 2.75) is 46.2 Å². The predicted molar refractivity (Wildman–Crippen MR) is 93.7 cm³/mol. The van der Waals surface area contributed by atoms with Crippen molar-refractivity contribution in [3.8, 4) is 0 Å². The highest BCUT2D eigenvalue weighted by atomic mass is 15.1. The Morgan fingerprint density at radius 3 is 2.55 bits per heavy atom. The largest absolute Gasteiger partial charge is 0.370 e. The molecule has 1 heterocycles. The smallest absolute Gasteiger partial charge is 0.188 e. The Labute approximate surface area is 134 Å². The normalized spacial score (nSPS) is 17.0. The summed E-state index contributed by atoms with van der Waals surface area (Å²) in [5, 5.41) is 3.17. The highest BCUT2D eigenvalue weighted by molar-refractivity contribution is 5.77. The minimum absolute atomic E-state index is 0.543. The maximum absolute atomic E-state index is 5.93. The van der Waals surface area contributed by atoms with Crippen LogP contribution in [-0.2, 0) is 13.1 Å². The van der Waals surface area contributed by atoms with Gasteiger partial charge in [-0.05, 0) is 43.0 Å². The van der Waals surface area contributed by atoms with Crippen LogP contribution in [-0.4, -0.2) is 30.5 Å². The summed E-state index contributed by atoms with van der Waals surface area (Å²) in [6.07, 6.45) is 4.03. The van der Waals surface area contributed by atoms with Crippen LogP contribution in [0.5, 0.6) is 0 Å². The number of nitrogens with two attached hydrogens (primary N) is 1. The highest BCUT2D eigenvalue weighted by Gasteiger charge is 2.12. The molecule has 1 aromatic rings. The minimum Gasteiger partial charge on any atom is -0.370 e. The van der Waals surface area contributed by atoms with Gasteiger partial charge in [-0.15, -0.1) is 0 Å². The van der Waals surface area contributed by atoms with Gasteiger partial charge >= 0.3 is 0 Å². The van der Waals surface area contributed by atoms with Crippen molar-refractivity contribution in [1.29, 1.82) is 0 Å². The maximum Gasteiger partial charge on any atom is 0.188 e. The van der Waals surface area contributed by atoms with E-state index in [9.17, 15) is 0 Å². The molecule has 0 unspecified atom stereocenters. The molecule has 1 aliphatic heterocycles. The molecule has 1 saturated heterocycles. The quantitative estimate of drug-likeness (QED) is 0.627. The molecule has 0 aliphatic carbocycles. The molecule has 0 atom stereocenters. The molecule has 4 heteroatoms. The number of aliphatic imine (C=N–C) groups is 1. The number of hydrogen-bond acceptors (Lipinski definition) is 2. The van der Waals surface area contributed by atoms with E-state index < -0.39 is 0 Å². The van der Waals surface area contributed by atoms with Crippen LogP contribution < -0.4 is 11.1 Å². The van der Waals surface area contributed by atoms with Gasteiger partial charge in [0.2, 0.25) is 0 Å². The first kappa shape index (κ1) is 16.8. The van der Waals surface area contributed by atoms with Gasteiger partial charge in [0.05, 0.1) is 6.54 Å². The van der Waals surface area contributed by atoms with Crippen LogP contribution in [0.3, 0.4) is 0 Å². The number of rotatable bonds is 6. The summed E-state index contributed by atoms with van der Waals surface area (Å²) in [5.74, 6) is 1.11. The van der Waals surface area contributed by atoms with E-state index >= 15 is 0 Å². The number of likely N-dealkylation sites (tertiary alicyclic amines) is 1. The SMILES string of the molecule is CC(C)CNC(N)=NCc1ccccc1CN1CCCCC1. The summed E-state index contributed by atoms with van der Waals surface area (Å²) in [7, 11) is 0. The molecule has 0 bridgehead atoms. The van der Waals surface area contributed by atoms with Crippen molar-refractivity contribution >= 4 is 5.96 Å². The van der Waals surface area contributed by atoms with Gasteiger partial charge in [0.15, 0.2) is 5.96 Å². The summed E-state index contributed by atoms with van der Waals surface area (Å²) >= 11 is 0. The Hall–Kier alpha value is -1.55. The van der Waals surface area contributed by atoms with Crippen LogP contribution in [0.4, 0.5) is 0 Å². The van der Waals surface area contributed by atoms with Crippen LogP contribution in [0.25, 0.3) is 0 Å². The molecule has 0 spiro atoms. The fraction of sp³-hybridized carbons (Fsp3) is 0.611. The minimum atomic E-state index is 0.543. The van der Waals surface area contributed by atoms with Crippen LogP contribution >= 0.6 is 0 Å². The second-order valence-corrected chi connectivity index (χ2v) is 6.58. The van der Waals surface area contributed by atoms with Crippen LogP contribution in [0.1, 0.15) is 44.2 Å². The molecule has 0 saturated carbocycles. The highest BCUT2D eigenvalue weighted by Crippen LogP contribution is 2.16. The number of nitrogens with zero attached hydrogens (tertiary/aromatic N) is 2. The zero-order valence-corrected chi connectivity index (χ0v) is 14.0. The molecule has 3 N–H and O–H groups in total. The Bertz CT molecular complexity index is 476. The lowest BCUT2D eigenvalue weighted by Crippen LogP contribution is -2.34. The van der Waals surface area contributed by atoms with Crippen molar-refractivity contribution < 1.29 is 0 Å². The van der Waals surface area contributed by atoms with Gasteiger partial charge in [-0.1, -0.05) is 44.5 Å². The van der Waals surface area contributed by atoms with Gasteiger partial charge in [0.1, 0.15) is 0 Å². The average Bonchev–Trinajstić information content (AvgIpc) is 2.53. The maximum atomic E-state index is 5.93. The van der Waals surface area contributed by atoms with Gasteiger partial charge in [-0.3, -0.25) is 4.90 Å². The third kappa shape index (κ3) is 5.68. The number of hydrogen-bond donors (Lipinski definition) is 2. The molecule has 0 amide bonds. The Morgan fingerprint density at radius 1 is 1.18 bits per heavy atom.